The predicted octanol–water partition coefficient (Wildman–Crippen LogP) is 1.77. The summed E-state index contributed by atoms with van der Waals surface area (Å²) in [6.45, 7) is 2.18. The van der Waals surface area contributed by atoms with Crippen LogP contribution in [0.2, 0.25) is 0 Å². The van der Waals surface area contributed by atoms with Gasteiger partial charge in [0, 0.05) is 31.2 Å². The molecule has 17 heavy (non-hydrogen) atoms. The minimum atomic E-state index is 0.387. The van der Waals surface area contributed by atoms with E-state index in [1.807, 2.05) is 0 Å². The van der Waals surface area contributed by atoms with Crippen LogP contribution in [-0.2, 0) is 0 Å². The number of rotatable bonds is 5. The highest BCUT2D eigenvalue weighted by Gasteiger charge is 2.20. The maximum atomic E-state index is 6.12. The topological polar surface area (TPSA) is 50.1 Å². The molecule has 0 radical (unpaired) electrons. The fraction of sp³-hybridized carbons (Fsp3) is 1.00. The number of hydrogen-bond acceptors (Lipinski definition) is 3. The van der Waals surface area contributed by atoms with Crippen molar-refractivity contribution in [2.75, 3.05) is 13.1 Å². The van der Waals surface area contributed by atoms with Crippen LogP contribution in [0.25, 0.3) is 0 Å². The van der Waals surface area contributed by atoms with Gasteiger partial charge in [-0.25, -0.2) is 0 Å². The van der Waals surface area contributed by atoms with Crippen molar-refractivity contribution in [2.45, 2.75) is 75.9 Å². The molecule has 0 amide bonds. The lowest BCUT2D eigenvalue weighted by Crippen LogP contribution is -2.49. The summed E-state index contributed by atoms with van der Waals surface area (Å²) in [5, 5.41) is 7.30. The smallest absolute Gasteiger partial charge is 0.0219 e. The Morgan fingerprint density at radius 2 is 1.41 bits per heavy atom. The van der Waals surface area contributed by atoms with Crippen molar-refractivity contribution in [3.05, 3.63) is 0 Å². The Bertz CT molecular complexity index is 202. The summed E-state index contributed by atoms with van der Waals surface area (Å²) in [6.07, 6.45) is 12.2. The van der Waals surface area contributed by atoms with E-state index in [4.69, 9.17) is 5.73 Å². The van der Waals surface area contributed by atoms with Crippen LogP contribution >= 0.6 is 0 Å². The van der Waals surface area contributed by atoms with E-state index in [9.17, 15) is 0 Å². The molecule has 0 spiro atoms. The molecule has 0 aromatic rings. The fourth-order valence-electron chi connectivity index (χ4n) is 3.25. The lowest BCUT2D eigenvalue weighted by molar-refractivity contribution is 0.318. The van der Waals surface area contributed by atoms with Crippen LogP contribution in [0, 0.1) is 0 Å². The summed E-state index contributed by atoms with van der Waals surface area (Å²) in [7, 11) is 0. The lowest BCUT2D eigenvalue weighted by atomic mass is 9.91. The zero-order chi connectivity index (χ0) is 11.9. The zero-order valence-electron chi connectivity index (χ0n) is 11.1. The van der Waals surface area contributed by atoms with Gasteiger partial charge in [-0.3, -0.25) is 0 Å². The van der Waals surface area contributed by atoms with Gasteiger partial charge in [-0.05, 0) is 25.7 Å². The molecule has 3 nitrogen and oxygen atoms in total. The van der Waals surface area contributed by atoms with Crippen molar-refractivity contribution >= 4 is 0 Å². The molecule has 2 saturated carbocycles. The first-order chi connectivity index (χ1) is 8.36. The molecule has 0 aromatic carbocycles. The van der Waals surface area contributed by atoms with E-state index in [0.717, 1.165) is 19.1 Å². The Labute approximate surface area is 106 Å². The third-order valence-electron chi connectivity index (χ3n) is 4.39. The van der Waals surface area contributed by atoms with Crippen LogP contribution in [0.1, 0.15) is 57.8 Å². The predicted molar refractivity (Wildman–Crippen MR) is 73.1 cm³/mol. The maximum absolute atomic E-state index is 6.12. The maximum Gasteiger partial charge on any atom is 0.0219 e. The minimum Gasteiger partial charge on any atom is -0.326 e. The first-order valence-corrected chi connectivity index (χ1v) is 7.58. The molecular formula is C14H29N3. The van der Waals surface area contributed by atoms with E-state index in [-0.39, 0.29) is 0 Å². The highest BCUT2D eigenvalue weighted by molar-refractivity contribution is 4.83. The number of nitrogens with one attached hydrogen (secondary N) is 2. The Hall–Kier alpha value is -0.120. The van der Waals surface area contributed by atoms with Crippen molar-refractivity contribution in [2.24, 2.45) is 5.73 Å². The number of nitrogens with two attached hydrogens (primary N) is 1. The van der Waals surface area contributed by atoms with Crippen LogP contribution in [0.4, 0.5) is 0 Å². The van der Waals surface area contributed by atoms with Gasteiger partial charge in [0.05, 0.1) is 0 Å². The van der Waals surface area contributed by atoms with Crippen LogP contribution in [0.5, 0.6) is 0 Å². The molecule has 3 heteroatoms. The molecule has 4 N–H and O–H groups in total. The van der Waals surface area contributed by atoms with Crippen molar-refractivity contribution in [1.29, 1.82) is 0 Å². The summed E-state index contributed by atoms with van der Waals surface area (Å²) in [5.41, 5.74) is 6.12. The highest BCUT2D eigenvalue weighted by Crippen LogP contribution is 2.17. The molecule has 1 unspecified atom stereocenters. The third kappa shape index (κ3) is 4.57. The van der Waals surface area contributed by atoms with Gasteiger partial charge < -0.3 is 16.4 Å². The van der Waals surface area contributed by atoms with E-state index < -0.39 is 0 Å². The standard InChI is InChI=1S/C14H29N3/c15-13-8-4-5-9-14(13)17-11-10-16-12-6-2-1-3-7-12/h12-14,16-17H,1-11,15H2/t13-,14?/m1/s1. The van der Waals surface area contributed by atoms with Crippen LogP contribution in [-0.4, -0.2) is 31.2 Å². The summed E-state index contributed by atoms with van der Waals surface area (Å²) in [6, 6.07) is 1.74. The molecule has 100 valence electrons. The van der Waals surface area contributed by atoms with E-state index >= 15 is 0 Å². The molecule has 2 atom stereocenters. The first-order valence-electron chi connectivity index (χ1n) is 7.58. The van der Waals surface area contributed by atoms with Gasteiger partial charge in [0.2, 0.25) is 0 Å². The second-order valence-electron chi connectivity index (χ2n) is 5.80. The average Bonchev–Trinajstić information content (AvgIpc) is 2.38. The number of hydrogen-bond donors (Lipinski definition) is 3. The Kier molecular flexibility index (Phi) is 5.75. The van der Waals surface area contributed by atoms with Gasteiger partial charge in [-0.15, -0.1) is 0 Å². The molecule has 0 aromatic heterocycles. The summed E-state index contributed by atoms with van der Waals surface area (Å²) < 4.78 is 0. The quantitative estimate of drug-likeness (QED) is 0.641. The highest BCUT2D eigenvalue weighted by atomic mass is 15.0. The second kappa shape index (κ2) is 7.34. The largest absolute Gasteiger partial charge is 0.326 e. The molecule has 2 fully saturated rings. The van der Waals surface area contributed by atoms with Crippen molar-refractivity contribution in [3.63, 3.8) is 0 Å². The minimum absolute atomic E-state index is 0.387. The zero-order valence-corrected chi connectivity index (χ0v) is 11.1. The Morgan fingerprint density at radius 3 is 2.18 bits per heavy atom. The normalized spacial score (nSPS) is 31.6. The Morgan fingerprint density at radius 1 is 0.765 bits per heavy atom. The van der Waals surface area contributed by atoms with Crippen LogP contribution in [0.3, 0.4) is 0 Å². The van der Waals surface area contributed by atoms with E-state index in [1.165, 1.54) is 57.8 Å². The average molecular weight is 239 g/mol. The van der Waals surface area contributed by atoms with E-state index in [1.54, 1.807) is 0 Å². The molecule has 0 heterocycles. The molecule has 0 bridgehead atoms. The molecule has 2 rings (SSSR count). The Balaban J connectivity index is 1.53. The molecule has 0 aliphatic heterocycles. The van der Waals surface area contributed by atoms with Gasteiger partial charge in [0.15, 0.2) is 0 Å². The fourth-order valence-corrected chi connectivity index (χ4v) is 3.25. The molecule has 2 aliphatic carbocycles. The van der Waals surface area contributed by atoms with E-state index in [0.29, 0.717) is 12.1 Å². The van der Waals surface area contributed by atoms with Gasteiger partial charge in [-0.1, -0.05) is 32.1 Å². The first kappa shape index (κ1) is 13.3. The lowest BCUT2D eigenvalue weighted by Gasteiger charge is -2.30. The SMILES string of the molecule is N[C@@H]1CCCCC1NCCNC1CCCCC1. The second-order valence-corrected chi connectivity index (χ2v) is 5.80. The van der Waals surface area contributed by atoms with Crippen molar-refractivity contribution in [3.8, 4) is 0 Å². The van der Waals surface area contributed by atoms with Crippen LogP contribution in [0.15, 0.2) is 0 Å². The van der Waals surface area contributed by atoms with Gasteiger partial charge >= 0.3 is 0 Å². The summed E-state index contributed by atoms with van der Waals surface area (Å²) in [4.78, 5) is 0. The molecule has 2 aliphatic rings. The van der Waals surface area contributed by atoms with Gasteiger partial charge in [-0.2, -0.15) is 0 Å². The summed E-state index contributed by atoms with van der Waals surface area (Å²) >= 11 is 0. The molecular weight excluding hydrogens is 210 g/mol. The van der Waals surface area contributed by atoms with Crippen LogP contribution < -0.4 is 16.4 Å². The van der Waals surface area contributed by atoms with E-state index in [2.05, 4.69) is 10.6 Å². The molecule has 0 saturated heterocycles. The van der Waals surface area contributed by atoms with Gasteiger partial charge in [0.1, 0.15) is 0 Å². The van der Waals surface area contributed by atoms with Gasteiger partial charge in [0.25, 0.3) is 0 Å². The summed E-state index contributed by atoms with van der Waals surface area (Å²) in [5.74, 6) is 0. The van der Waals surface area contributed by atoms with Crippen molar-refractivity contribution < 1.29 is 0 Å². The van der Waals surface area contributed by atoms with Crippen molar-refractivity contribution in [1.82, 2.24) is 10.6 Å². The monoisotopic (exact) mass is 239 g/mol. The third-order valence-corrected chi connectivity index (χ3v) is 4.39.